The minimum Gasteiger partial charge on any atom is -0.327 e. The van der Waals surface area contributed by atoms with Crippen LogP contribution >= 0.6 is 0 Å². The van der Waals surface area contributed by atoms with Crippen molar-refractivity contribution in [3.8, 4) is 0 Å². The summed E-state index contributed by atoms with van der Waals surface area (Å²) >= 11 is 0. The molecule has 3 N–H and O–H groups in total. The number of benzene rings is 1. The van der Waals surface area contributed by atoms with E-state index in [-0.39, 0.29) is 6.04 Å². The Morgan fingerprint density at radius 3 is 2.73 bits per heavy atom. The van der Waals surface area contributed by atoms with Crippen LogP contribution < -0.4 is 11.1 Å². The number of nitrogens with one attached hydrogen (secondary N) is 1. The highest BCUT2D eigenvalue weighted by atomic mass is 19.1. The third-order valence-corrected chi connectivity index (χ3v) is 2.05. The molecule has 0 aliphatic heterocycles. The Balaban J connectivity index is 2.37. The van der Waals surface area contributed by atoms with Gasteiger partial charge in [-0.2, -0.15) is 0 Å². The number of nitrogens with two attached hydrogens (primary N) is 1. The molecule has 1 aromatic rings. The van der Waals surface area contributed by atoms with Crippen molar-refractivity contribution >= 4 is 0 Å². The lowest BCUT2D eigenvalue weighted by Crippen LogP contribution is -2.32. The summed E-state index contributed by atoms with van der Waals surface area (Å²) in [6.45, 7) is 3.23. The lowest BCUT2D eigenvalue weighted by atomic mass is 10.1. The third-order valence-electron chi connectivity index (χ3n) is 2.05. The van der Waals surface area contributed by atoms with Crippen LogP contribution in [0.1, 0.15) is 12.5 Å². The second-order valence-corrected chi connectivity index (χ2v) is 3.67. The van der Waals surface area contributed by atoms with Crippen LogP contribution in [-0.2, 0) is 6.42 Å². The van der Waals surface area contributed by atoms with Crippen LogP contribution in [-0.4, -0.2) is 19.1 Å². The zero-order valence-corrected chi connectivity index (χ0v) is 8.76. The maximum Gasteiger partial charge on any atom is 0.129 e. The van der Waals surface area contributed by atoms with Crippen LogP contribution in [0.5, 0.6) is 0 Å². The number of halogens is 2. The van der Waals surface area contributed by atoms with Crippen LogP contribution in [0.3, 0.4) is 0 Å². The molecule has 0 aliphatic rings. The van der Waals surface area contributed by atoms with Crippen molar-refractivity contribution in [2.45, 2.75) is 19.4 Å². The molecule has 1 unspecified atom stereocenters. The van der Waals surface area contributed by atoms with Crippen molar-refractivity contribution < 1.29 is 8.78 Å². The first-order valence-electron chi connectivity index (χ1n) is 5.00. The summed E-state index contributed by atoms with van der Waals surface area (Å²) in [4.78, 5) is 0. The van der Waals surface area contributed by atoms with Gasteiger partial charge in [-0.15, -0.1) is 0 Å². The summed E-state index contributed by atoms with van der Waals surface area (Å²) < 4.78 is 25.7. The van der Waals surface area contributed by atoms with Crippen molar-refractivity contribution in [2.24, 2.45) is 5.73 Å². The summed E-state index contributed by atoms with van der Waals surface area (Å²) in [6.07, 6.45) is 0.541. The van der Waals surface area contributed by atoms with Gasteiger partial charge in [0.05, 0.1) is 0 Å². The topological polar surface area (TPSA) is 38.0 Å². The zero-order valence-electron chi connectivity index (χ0n) is 8.76. The van der Waals surface area contributed by atoms with E-state index in [4.69, 9.17) is 5.73 Å². The van der Waals surface area contributed by atoms with Crippen LogP contribution in [0.15, 0.2) is 18.2 Å². The first-order valence-corrected chi connectivity index (χ1v) is 5.00. The van der Waals surface area contributed by atoms with Gasteiger partial charge in [0.15, 0.2) is 0 Å². The molecule has 2 nitrogen and oxygen atoms in total. The average molecular weight is 214 g/mol. The van der Waals surface area contributed by atoms with Gasteiger partial charge in [0, 0.05) is 18.7 Å². The van der Waals surface area contributed by atoms with Gasteiger partial charge in [-0.1, -0.05) is 6.07 Å². The summed E-state index contributed by atoms with van der Waals surface area (Å²) in [5.41, 5.74) is 6.06. The molecule has 0 amide bonds. The van der Waals surface area contributed by atoms with Gasteiger partial charge in [0.25, 0.3) is 0 Å². The Bertz CT molecular complexity index is 313. The maximum atomic E-state index is 13.1. The molecule has 4 heteroatoms. The van der Waals surface area contributed by atoms with E-state index in [1.54, 1.807) is 0 Å². The fraction of sp³-hybridized carbons (Fsp3) is 0.455. The van der Waals surface area contributed by atoms with E-state index >= 15 is 0 Å². The van der Waals surface area contributed by atoms with Gasteiger partial charge in [0.1, 0.15) is 11.6 Å². The number of rotatable bonds is 5. The second-order valence-electron chi connectivity index (χ2n) is 3.67. The molecule has 15 heavy (non-hydrogen) atoms. The van der Waals surface area contributed by atoms with E-state index in [1.165, 1.54) is 12.1 Å². The molecule has 0 radical (unpaired) electrons. The van der Waals surface area contributed by atoms with Crippen LogP contribution in [0.25, 0.3) is 0 Å². The molecule has 84 valence electrons. The largest absolute Gasteiger partial charge is 0.327 e. The molecule has 0 aliphatic carbocycles. The van der Waals surface area contributed by atoms with E-state index in [9.17, 15) is 8.78 Å². The molecule has 0 saturated heterocycles. The van der Waals surface area contributed by atoms with Crippen LogP contribution in [0.2, 0.25) is 0 Å². The monoisotopic (exact) mass is 214 g/mol. The Kier molecular flexibility index (Phi) is 4.65. The Hall–Kier alpha value is -1.00. The molecule has 0 fully saturated rings. The lowest BCUT2D eigenvalue weighted by Gasteiger charge is -2.07. The molecule has 0 spiro atoms. The number of hydrogen-bond donors (Lipinski definition) is 2. The minimum atomic E-state index is -0.542. The van der Waals surface area contributed by atoms with Crippen LogP contribution in [0.4, 0.5) is 8.78 Å². The van der Waals surface area contributed by atoms with Gasteiger partial charge < -0.3 is 11.1 Å². The highest BCUT2D eigenvalue weighted by Gasteiger charge is 2.03. The highest BCUT2D eigenvalue weighted by molar-refractivity contribution is 5.18. The molecule has 1 rings (SSSR count). The minimum absolute atomic E-state index is 0.0862. The first-order chi connectivity index (χ1) is 7.09. The molecular formula is C11H16F2N2. The Morgan fingerprint density at radius 2 is 2.13 bits per heavy atom. The average Bonchev–Trinajstić information content (AvgIpc) is 2.14. The SMILES string of the molecule is CC(N)CNCCc1ccc(F)cc1F. The molecule has 1 atom stereocenters. The number of hydrogen-bond acceptors (Lipinski definition) is 2. The van der Waals surface area contributed by atoms with E-state index in [0.717, 1.165) is 6.07 Å². The molecule has 0 saturated carbocycles. The normalized spacial score (nSPS) is 12.8. The van der Waals surface area contributed by atoms with Crippen molar-refractivity contribution in [2.75, 3.05) is 13.1 Å². The second kappa shape index (κ2) is 5.78. The van der Waals surface area contributed by atoms with Gasteiger partial charge in [-0.3, -0.25) is 0 Å². The van der Waals surface area contributed by atoms with E-state index in [0.29, 0.717) is 25.1 Å². The third kappa shape index (κ3) is 4.36. The molecule has 0 bridgehead atoms. The summed E-state index contributed by atoms with van der Waals surface area (Å²) in [5.74, 6) is -1.03. The Morgan fingerprint density at radius 1 is 1.40 bits per heavy atom. The van der Waals surface area contributed by atoms with Crippen molar-refractivity contribution in [3.63, 3.8) is 0 Å². The lowest BCUT2D eigenvalue weighted by molar-refractivity contribution is 0.561. The van der Waals surface area contributed by atoms with E-state index in [2.05, 4.69) is 5.32 Å². The predicted octanol–water partition coefficient (Wildman–Crippen LogP) is 1.44. The molecular weight excluding hydrogens is 198 g/mol. The van der Waals surface area contributed by atoms with Gasteiger partial charge >= 0.3 is 0 Å². The highest BCUT2D eigenvalue weighted by Crippen LogP contribution is 2.09. The van der Waals surface area contributed by atoms with Crippen molar-refractivity contribution in [3.05, 3.63) is 35.4 Å². The molecule has 0 heterocycles. The molecule has 0 aromatic heterocycles. The maximum absolute atomic E-state index is 13.1. The van der Waals surface area contributed by atoms with E-state index < -0.39 is 11.6 Å². The van der Waals surface area contributed by atoms with E-state index in [1.807, 2.05) is 6.92 Å². The fourth-order valence-corrected chi connectivity index (χ4v) is 1.28. The zero-order chi connectivity index (χ0) is 11.3. The standard InChI is InChI=1S/C11H16F2N2/c1-8(14)7-15-5-4-9-2-3-10(12)6-11(9)13/h2-3,6,8,15H,4-5,7,14H2,1H3. The smallest absolute Gasteiger partial charge is 0.129 e. The van der Waals surface area contributed by atoms with Crippen LogP contribution in [0, 0.1) is 11.6 Å². The van der Waals surface area contributed by atoms with Crippen molar-refractivity contribution in [1.29, 1.82) is 0 Å². The van der Waals surface area contributed by atoms with Crippen molar-refractivity contribution in [1.82, 2.24) is 5.32 Å². The van der Waals surface area contributed by atoms with Gasteiger partial charge in [-0.25, -0.2) is 8.78 Å². The summed E-state index contributed by atoms with van der Waals surface area (Å²) in [6, 6.07) is 3.73. The first kappa shape index (κ1) is 12.1. The quantitative estimate of drug-likeness (QED) is 0.728. The van der Waals surface area contributed by atoms with Gasteiger partial charge in [0.2, 0.25) is 0 Å². The van der Waals surface area contributed by atoms with Gasteiger partial charge in [-0.05, 0) is 31.5 Å². The fourth-order valence-electron chi connectivity index (χ4n) is 1.28. The Labute approximate surface area is 88.5 Å². The predicted molar refractivity (Wildman–Crippen MR) is 56.6 cm³/mol. The molecule has 1 aromatic carbocycles. The summed E-state index contributed by atoms with van der Waals surface area (Å²) in [5, 5.41) is 3.09. The summed E-state index contributed by atoms with van der Waals surface area (Å²) in [7, 11) is 0.